The van der Waals surface area contributed by atoms with E-state index in [1.165, 1.54) is 13.0 Å². The van der Waals surface area contributed by atoms with Crippen molar-refractivity contribution in [1.82, 2.24) is 16.0 Å². The molecule has 4 N–H and O–H groups in total. The van der Waals surface area contributed by atoms with E-state index in [9.17, 15) is 24.3 Å². The summed E-state index contributed by atoms with van der Waals surface area (Å²) < 4.78 is 23.4. The standard InChI is InChI=1S/C32H48IN3O9/c1-19(6-9-26-20(2)14-25(22(4)44-26)36-28(38)11-8-21(3)43-23(5)37)7-10-27-31(41)32(18-42-32)16-24(45-27)15-29(39)34-12-13-35-30(40)17-33/h6-8,10-11,20-22,24-27,31,41H,9,12-18H2,1-5H3,(H,34,39)(H,35,40)(H,36,38)/t20-,21?,22+,24+,25+,26-,27+,31+,32+/m0/s1. The predicted octanol–water partition coefficient (Wildman–Crippen LogP) is 2.03. The summed E-state index contributed by atoms with van der Waals surface area (Å²) in [6, 6.07) is -0.138. The second-order valence-corrected chi connectivity index (χ2v) is 12.9. The Labute approximate surface area is 279 Å². The molecule has 3 amide bonds. The van der Waals surface area contributed by atoms with Gasteiger partial charge in [0.2, 0.25) is 17.7 Å². The number of rotatable bonds is 14. The highest BCUT2D eigenvalue weighted by Crippen LogP contribution is 2.43. The van der Waals surface area contributed by atoms with Crippen LogP contribution in [-0.2, 0) is 38.1 Å². The van der Waals surface area contributed by atoms with E-state index in [0.717, 1.165) is 12.0 Å². The third-order valence-electron chi connectivity index (χ3n) is 8.23. The molecule has 0 saturated carbocycles. The minimum absolute atomic E-state index is 0.0199. The molecule has 3 aliphatic rings. The topological polar surface area (TPSA) is 165 Å². The van der Waals surface area contributed by atoms with E-state index in [2.05, 4.69) is 29.0 Å². The maximum atomic E-state index is 12.5. The van der Waals surface area contributed by atoms with Crippen LogP contribution in [0.25, 0.3) is 0 Å². The molecule has 0 aliphatic carbocycles. The molecule has 252 valence electrons. The van der Waals surface area contributed by atoms with Gasteiger partial charge in [-0.2, -0.15) is 0 Å². The van der Waals surface area contributed by atoms with Crippen molar-refractivity contribution in [3.05, 3.63) is 36.0 Å². The molecule has 3 rings (SSSR count). The van der Waals surface area contributed by atoms with Gasteiger partial charge in [-0.05, 0) is 45.6 Å². The Kier molecular flexibility index (Phi) is 14.5. The van der Waals surface area contributed by atoms with Gasteiger partial charge in [0.05, 0.1) is 41.8 Å². The number of amides is 3. The van der Waals surface area contributed by atoms with Gasteiger partial charge in [0.15, 0.2) is 0 Å². The summed E-state index contributed by atoms with van der Waals surface area (Å²) >= 11 is 1.98. The molecule has 45 heavy (non-hydrogen) atoms. The van der Waals surface area contributed by atoms with Crippen LogP contribution >= 0.6 is 22.6 Å². The fraction of sp³-hybridized carbons (Fsp3) is 0.688. The fourth-order valence-electron chi connectivity index (χ4n) is 5.62. The molecule has 12 nitrogen and oxygen atoms in total. The number of alkyl halides is 1. The van der Waals surface area contributed by atoms with E-state index in [-0.39, 0.29) is 48.3 Å². The molecular formula is C32H48IN3O9. The largest absolute Gasteiger partial charge is 0.459 e. The van der Waals surface area contributed by atoms with Crippen LogP contribution < -0.4 is 16.0 Å². The fourth-order valence-corrected chi connectivity index (χ4v) is 5.89. The lowest BCUT2D eigenvalue weighted by atomic mass is 9.87. The zero-order chi connectivity index (χ0) is 33.1. The van der Waals surface area contributed by atoms with E-state index in [0.29, 0.717) is 37.0 Å². The van der Waals surface area contributed by atoms with Crippen LogP contribution in [0.4, 0.5) is 0 Å². The summed E-state index contributed by atoms with van der Waals surface area (Å²) in [7, 11) is 0. The first-order valence-electron chi connectivity index (χ1n) is 15.5. The molecule has 3 aliphatic heterocycles. The van der Waals surface area contributed by atoms with Crippen molar-refractivity contribution in [2.24, 2.45) is 5.92 Å². The Morgan fingerprint density at radius 2 is 1.78 bits per heavy atom. The van der Waals surface area contributed by atoms with Crippen molar-refractivity contribution in [2.45, 2.75) is 109 Å². The third-order valence-corrected chi connectivity index (χ3v) is 8.92. The zero-order valence-corrected chi connectivity index (χ0v) is 28.9. The first kappa shape index (κ1) is 37.1. The summed E-state index contributed by atoms with van der Waals surface area (Å²) in [4.78, 5) is 47.3. The normalized spacial score (nSPS) is 32.3. The van der Waals surface area contributed by atoms with Crippen LogP contribution in [0.5, 0.6) is 0 Å². The van der Waals surface area contributed by atoms with E-state index >= 15 is 0 Å². The molecule has 0 aromatic heterocycles. The minimum Gasteiger partial charge on any atom is -0.459 e. The number of esters is 1. The van der Waals surface area contributed by atoms with E-state index < -0.39 is 36.0 Å². The van der Waals surface area contributed by atoms with Crippen LogP contribution in [0.3, 0.4) is 0 Å². The van der Waals surface area contributed by atoms with Crippen LogP contribution in [0.15, 0.2) is 36.0 Å². The molecule has 0 aromatic carbocycles. The van der Waals surface area contributed by atoms with Gasteiger partial charge >= 0.3 is 5.97 Å². The maximum absolute atomic E-state index is 12.5. The summed E-state index contributed by atoms with van der Waals surface area (Å²) in [6.07, 6.45) is 8.22. The number of aliphatic hydroxyl groups excluding tert-OH is 1. The molecular weight excluding hydrogens is 697 g/mol. The quantitative estimate of drug-likeness (QED) is 0.0396. The lowest BCUT2D eigenvalue weighted by Crippen LogP contribution is -2.51. The van der Waals surface area contributed by atoms with Crippen molar-refractivity contribution in [3.8, 4) is 0 Å². The molecule has 0 bridgehead atoms. The highest BCUT2D eigenvalue weighted by molar-refractivity contribution is 14.1. The molecule has 0 radical (unpaired) electrons. The number of epoxide rings is 1. The molecule has 1 spiro atoms. The number of halogens is 1. The first-order chi connectivity index (χ1) is 21.3. The van der Waals surface area contributed by atoms with Gasteiger partial charge in [0, 0.05) is 32.5 Å². The van der Waals surface area contributed by atoms with Gasteiger partial charge in [-0.3, -0.25) is 19.2 Å². The van der Waals surface area contributed by atoms with Crippen LogP contribution in [0.2, 0.25) is 0 Å². The average molecular weight is 746 g/mol. The number of hydrogen-bond donors (Lipinski definition) is 4. The summed E-state index contributed by atoms with van der Waals surface area (Å²) in [5.74, 6) is -0.719. The van der Waals surface area contributed by atoms with Crippen LogP contribution in [0, 0.1) is 5.92 Å². The summed E-state index contributed by atoms with van der Waals surface area (Å²) in [5, 5.41) is 19.4. The molecule has 3 heterocycles. The second-order valence-electron chi connectivity index (χ2n) is 12.2. The van der Waals surface area contributed by atoms with Gasteiger partial charge in [0.25, 0.3) is 0 Å². The Morgan fingerprint density at radius 1 is 1.09 bits per heavy atom. The number of carbonyl (C=O) groups is 4. The number of ether oxygens (including phenoxy) is 4. The van der Waals surface area contributed by atoms with Crippen molar-refractivity contribution in [3.63, 3.8) is 0 Å². The average Bonchev–Trinajstić information content (AvgIpc) is 3.75. The predicted molar refractivity (Wildman–Crippen MR) is 175 cm³/mol. The Hall–Kier alpha value is -2.33. The molecule has 3 saturated heterocycles. The minimum atomic E-state index is -0.834. The highest BCUT2D eigenvalue weighted by atomic mass is 127. The summed E-state index contributed by atoms with van der Waals surface area (Å²) in [5.41, 5.74) is 0.296. The van der Waals surface area contributed by atoms with Crippen LogP contribution in [-0.4, -0.2) is 101 Å². The number of allylic oxidation sites excluding steroid dienone is 2. The first-order valence-corrected chi connectivity index (χ1v) is 17.1. The second kappa shape index (κ2) is 17.5. The lowest BCUT2D eigenvalue weighted by Gasteiger charge is -2.39. The van der Waals surface area contributed by atoms with Gasteiger partial charge in [-0.1, -0.05) is 53.3 Å². The Bertz CT molecular complexity index is 1140. The smallest absolute Gasteiger partial charge is 0.303 e. The Morgan fingerprint density at radius 3 is 2.42 bits per heavy atom. The molecule has 13 heteroatoms. The van der Waals surface area contributed by atoms with E-state index in [4.69, 9.17) is 18.9 Å². The van der Waals surface area contributed by atoms with Crippen molar-refractivity contribution < 1.29 is 43.2 Å². The van der Waals surface area contributed by atoms with Crippen molar-refractivity contribution in [1.29, 1.82) is 0 Å². The number of aliphatic hydroxyl groups is 1. The number of hydrogen-bond acceptors (Lipinski definition) is 9. The van der Waals surface area contributed by atoms with Gasteiger partial charge < -0.3 is 40.0 Å². The SMILES string of the molecule is CC(=O)OC(C)C=CC(=O)N[C@@H]1C[C@H](C)[C@H](CC=C(C)C=C[C@H]2O[C@H](CC(=O)NCCNC(=O)CI)C[C@@]3(CO3)[C@@H]2O)O[C@@H]1C. The van der Waals surface area contributed by atoms with Gasteiger partial charge in [-0.15, -0.1) is 0 Å². The number of nitrogens with one attached hydrogen (secondary N) is 3. The van der Waals surface area contributed by atoms with Crippen molar-refractivity contribution in [2.75, 3.05) is 24.1 Å². The van der Waals surface area contributed by atoms with Crippen LogP contribution in [0.1, 0.15) is 60.3 Å². The molecule has 9 atom stereocenters. The third kappa shape index (κ3) is 12.1. The van der Waals surface area contributed by atoms with E-state index in [1.807, 2.05) is 48.6 Å². The molecule has 3 fully saturated rings. The highest BCUT2D eigenvalue weighted by Gasteiger charge is 2.58. The Balaban J connectivity index is 1.47. The van der Waals surface area contributed by atoms with E-state index in [1.54, 1.807) is 13.0 Å². The van der Waals surface area contributed by atoms with Crippen molar-refractivity contribution >= 4 is 46.3 Å². The van der Waals surface area contributed by atoms with Gasteiger partial charge in [0.1, 0.15) is 23.9 Å². The van der Waals surface area contributed by atoms with Gasteiger partial charge in [-0.25, -0.2) is 0 Å². The molecule has 0 aromatic rings. The lowest BCUT2D eigenvalue weighted by molar-refractivity contribution is -0.145. The number of carbonyl (C=O) groups excluding carboxylic acids is 4. The maximum Gasteiger partial charge on any atom is 0.303 e. The summed E-state index contributed by atoms with van der Waals surface area (Å²) in [6.45, 7) is 10.2. The zero-order valence-electron chi connectivity index (χ0n) is 26.8. The monoisotopic (exact) mass is 745 g/mol. The molecule has 1 unspecified atom stereocenters.